The number of nitrogens with two attached hydrogens (primary N) is 1. The fourth-order valence-corrected chi connectivity index (χ4v) is 2.58. The molecule has 4 nitrogen and oxygen atoms in total. The molecule has 0 amide bonds. The van der Waals surface area contributed by atoms with Crippen LogP contribution in [0.1, 0.15) is 29.9 Å². The van der Waals surface area contributed by atoms with Crippen molar-refractivity contribution in [2.45, 2.75) is 32.9 Å². The van der Waals surface area contributed by atoms with Gasteiger partial charge in [0.25, 0.3) is 0 Å². The summed E-state index contributed by atoms with van der Waals surface area (Å²) in [6.07, 6.45) is 0.283. The van der Waals surface area contributed by atoms with Crippen molar-refractivity contribution in [2.24, 2.45) is 5.73 Å². The van der Waals surface area contributed by atoms with Gasteiger partial charge in [0.05, 0.1) is 28.3 Å². The number of hydrogen-bond donors (Lipinski definition) is 1. The Hall–Kier alpha value is -1.46. The van der Waals surface area contributed by atoms with Gasteiger partial charge in [-0.3, -0.25) is 9.48 Å². The molecule has 2 rings (SSSR count). The number of carbonyl (C=O) groups excluding carboxylic acids is 1. The first-order valence-electron chi connectivity index (χ1n) is 6.59. The van der Waals surface area contributed by atoms with Gasteiger partial charge >= 0.3 is 0 Å². The minimum Gasteiger partial charge on any atom is -0.318 e. The van der Waals surface area contributed by atoms with Gasteiger partial charge < -0.3 is 5.73 Å². The lowest BCUT2D eigenvalue weighted by Gasteiger charge is -2.12. The minimum absolute atomic E-state index is 0.00787. The van der Waals surface area contributed by atoms with Crippen LogP contribution in [0.5, 0.6) is 0 Å². The number of ketones is 1. The van der Waals surface area contributed by atoms with Gasteiger partial charge in [-0.2, -0.15) is 5.10 Å². The number of rotatable bonds is 5. The second kappa shape index (κ2) is 6.33. The summed E-state index contributed by atoms with van der Waals surface area (Å²) < 4.78 is 2.74. The molecule has 0 aliphatic heterocycles. The van der Waals surface area contributed by atoms with E-state index in [1.54, 1.807) is 0 Å². The summed E-state index contributed by atoms with van der Waals surface area (Å²) >= 11 is 3.50. The predicted molar refractivity (Wildman–Crippen MR) is 82.4 cm³/mol. The largest absolute Gasteiger partial charge is 0.318 e. The van der Waals surface area contributed by atoms with Gasteiger partial charge in [0.1, 0.15) is 0 Å². The Morgan fingerprint density at radius 1 is 1.40 bits per heavy atom. The fraction of sp³-hybridized carbons (Fsp3) is 0.333. The molecule has 2 N–H and O–H groups in total. The monoisotopic (exact) mass is 335 g/mol. The molecule has 0 fully saturated rings. The van der Waals surface area contributed by atoms with E-state index in [0.29, 0.717) is 0 Å². The molecular weight excluding hydrogens is 318 g/mol. The molecule has 20 heavy (non-hydrogen) atoms. The third-order valence-corrected chi connectivity index (χ3v) is 4.33. The summed E-state index contributed by atoms with van der Waals surface area (Å²) in [4.78, 5) is 12.4. The molecule has 0 spiro atoms. The van der Waals surface area contributed by atoms with Gasteiger partial charge in [-0.25, -0.2) is 0 Å². The van der Waals surface area contributed by atoms with Gasteiger partial charge in [0.2, 0.25) is 0 Å². The Labute approximate surface area is 127 Å². The summed E-state index contributed by atoms with van der Waals surface area (Å²) in [5, 5.41) is 4.39. The van der Waals surface area contributed by atoms with E-state index in [2.05, 4.69) is 21.0 Å². The van der Waals surface area contributed by atoms with Crippen molar-refractivity contribution in [1.29, 1.82) is 0 Å². The highest BCUT2D eigenvalue weighted by molar-refractivity contribution is 9.10. The van der Waals surface area contributed by atoms with Crippen LogP contribution in [-0.4, -0.2) is 15.6 Å². The summed E-state index contributed by atoms with van der Waals surface area (Å²) in [6, 6.07) is 8.84. The summed E-state index contributed by atoms with van der Waals surface area (Å²) in [7, 11) is 0. The Kier molecular flexibility index (Phi) is 4.73. The van der Waals surface area contributed by atoms with E-state index < -0.39 is 6.04 Å². The van der Waals surface area contributed by atoms with E-state index in [9.17, 15) is 4.79 Å². The number of Topliss-reactive ketones (excluding diaryl/α,β-unsaturated/α-hetero) is 1. The van der Waals surface area contributed by atoms with E-state index in [1.165, 1.54) is 0 Å². The van der Waals surface area contributed by atoms with Crippen molar-refractivity contribution in [3.8, 4) is 0 Å². The molecule has 0 aliphatic rings. The second-order valence-electron chi connectivity index (χ2n) is 4.69. The standard InChI is InChI=1S/C15H18BrN3O/c1-3-19-12(14(16)10(2)18-19)9-13(20)15(17)11-7-5-4-6-8-11/h4-8,15H,3,9,17H2,1-2H3/t15-/m1/s1. The molecular formula is C15H18BrN3O. The molecule has 106 valence electrons. The number of halogens is 1. The molecule has 1 atom stereocenters. The van der Waals surface area contributed by atoms with E-state index in [0.717, 1.165) is 28.0 Å². The number of nitrogens with zero attached hydrogens (tertiary/aromatic N) is 2. The SMILES string of the molecule is CCn1nc(C)c(Br)c1CC(=O)[C@H](N)c1ccccc1. The molecule has 1 aromatic carbocycles. The van der Waals surface area contributed by atoms with Crippen LogP contribution in [0, 0.1) is 6.92 Å². The number of carbonyl (C=O) groups is 1. The van der Waals surface area contributed by atoms with Crippen LogP contribution in [-0.2, 0) is 17.8 Å². The molecule has 0 saturated carbocycles. The summed E-state index contributed by atoms with van der Waals surface area (Å²) in [5.41, 5.74) is 8.66. The topological polar surface area (TPSA) is 60.9 Å². The lowest BCUT2D eigenvalue weighted by Crippen LogP contribution is -2.24. The number of benzene rings is 1. The molecule has 1 aromatic heterocycles. The quantitative estimate of drug-likeness (QED) is 0.913. The first-order valence-corrected chi connectivity index (χ1v) is 7.39. The Morgan fingerprint density at radius 2 is 2.05 bits per heavy atom. The van der Waals surface area contributed by atoms with Crippen molar-refractivity contribution in [3.05, 3.63) is 51.8 Å². The Balaban J connectivity index is 2.20. The Bertz CT molecular complexity index is 607. The highest BCUT2D eigenvalue weighted by Gasteiger charge is 2.20. The van der Waals surface area contributed by atoms with Crippen LogP contribution in [0.4, 0.5) is 0 Å². The maximum Gasteiger partial charge on any atom is 0.160 e. The number of aryl methyl sites for hydroxylation is 2. The zero-order chi connectivity index (χ0) is 14.7. The molecule has 5 heteroatoms. The van der Waals surface area contributed by atoms with E-state index in [1.807, 2.05) is 48.9 Å². The molecule has 2 aromatic rings. The van der Waals surface area contributed by atoms with Gasteiger partial charge in [-0.15, -0.1) is 0 Å². The van der Waals surface area contributed by atoms with Crippen LogP contribution in [0.2, 0.25) is 0 Å². The lowest BCUT2D eigenvalue weighted by molar-refractivity contribution is -0.119. The van der Waals surface area contributed by atoms with Gasteiger partial charge in [-0.05, 0) is 35.3 Å². The average molecular weight is 336 g/mol. The normalized spacial score (nSPS) is 12.4. The first-order chi connectivity index (χ1) is 9.54. The van der Waals surface area contributed by atoms with Crippen molar-refractivity contribution in [3.63, 3.8) is 0 Å². The van der Waals surface area contributed by atoms with Crippen LogP contribution in [0.15, 0.2) is 34.8 Å². The molecule has 0 saturated heterocycles. The van der Waals surface area contributed by atoms with E-state index in [4.69, 9.17) is 5.73 Å². The molecule has 0 unspecified atom stereocenters. The highest BCUT2D eigenvalue weighted by Crippen LogP contribution is 2.23. The van der Waals surface area contributed by atoms with Crippen LogP contribution >= 0.6 is 15.9 Å². The van der Waals surface area contributed by atoms with Crippen molar-refractivity contribution >= 4 is 21.7 Å². The van der Waals surface area contributed by atoms with Crippen LogP contribution < -0.4 is 5.73 Å². The van der Waals surface area contributed by atoms with E-state index in [-0.39, 0.29) is 12.2 Å². The lowest BCUT2D eigenvalue weighted by atomic mass is 10.0. The van der Waals surface area contributed by atoms with Crippen LogP contribution in [0.3, 0.4) is 0 Å². The summed E-state index contributed by atoms with van der Waals surface area (Å²) in [5.74, 6) is -0.00787. The zero-order valence-electron chi connectivity index (χ0n) is 11.6. The van der Waals surface area contributed by atoms with E-state index >= 15 is 0 Å². The smallest absolute Gasteiger partial charge is 0.160 e. The average Bonchev–Trinajstić information content (AvgIpc) is 2.75. The van der Waals surface area contributed by atoms with Crippen molar-refractivity contribution < 1.29 is 4.79 Å². The fourth-order valence-electron chi connectivity index (χ4n) is 2.16. The van der Waals surface area contributed by atoms with Gasteiger partial charge in [0, 0.05) is 6.54 Å². The van der Waals surface area contributed by atoms with Gasteiger partial charge in [-0.1, -0.05) is 30.3 Å². The predicted octanol–water partition coefficient (Wildman–Crippen LogP) is 2.79. The third-order valence-electron chi connectivity index (χ3n) is 3.30. The number of hydrogen-bond acceptors (Lipinski definition) is 3. The third kappa shape index (κ3) is 2.99. The maximum absolute atomic E-state index is 12.4. The van der Waals surface area contributed by atoms with Crippen molar-refractivity contribution in [2.75, 3.05) is 0 Å². The highest BCUT2D eigenvalue weighted by atomic mass is 79.9. The molecule has 0 aliphatic carbocycles. The van der Waals surface area contributed by atoms with Crippen molar-refractivity contribution in [1.82, 2.24) is 9.78 Å². The molecule has 0 radical (unpaired) electrons. The number of aromatic nitrogens is 2. The van der Waals surface area contributed by atoms with Crippen LogP contribution in [0.25, 0.3) is 0 Å². The first kappa shape index (κ1) is 14.9. The molecule has 0 bridgehead atoms. The Morgan fingerprint density at radius 3 is 2.65 bits per heavy atom. The zero-order valence-corrected chi connectivity index (χ0v) is 13.2. The second-order valence-corrected chi connectivity index (χ2v) is 5.49. The van der Waals surface area contributed by atoms with Gasteiger partial charge in [0.15, 0.2) is 5.78 Å². The summed E-state index contributed by atoms with van der Waals surface area (Å²) in [6.45, 7) is 4.65. The minimum atomic E-state index is -0.594. The maximum atomic E-state index is 12.4. The molecule has 1 heterocycles.